The number of ether oxygens (including phenoxy) is 1. The van der Waals surface area contributed by atoms with Gasteiger partial charge in [-0.05, 0) is 12.1 Å². The Labute approximate surface area is 102 Å². The lowest BCUT2D eigenvalue weighted by Gasteiger charge is -2.04. The fourth-order valence-electron chi connectivity index (χ4n) is 1.35. The molecule has 5 heteroatoms. The third kappa shape index (κ3) is 1.84. The number of fused-ring (bicyclic) bond motifs is 1. The van der Waals surface area contributed by atoms with Gasteiger partial charge in [-0.1, -0.05) is 35.3 Å². The zero-order valence-corrected chi connectivity index (χ0v) is 9.84. The molecule has 0 aliphatic heterocycles. The van der Waals surface area contributed by atoms with E-state index in [1.54, 1.807) is 24.3 Å². The van der Waals surface area contributed by atoms with Crippen molar-refractivity contribution in [2.45, 2.75) is 0 Å². The summed E-state index contributed by atoms with van der Waals surface area (Å²) in [4.78, 5) is 15.4. The van der Waals surface area contributed by atoms with E-state index < -0.39 is 5.97 Å². The van der Waals surface area contributed by atoms with Crippen LogP contribution in [0.1, 0.15) is 10.5 Å². The zero-order valence-electron chi connectivity index (χ0n) is 8.33. The fraction of sp³-hybridized carbons (Fsp3) is 0.0909. The van der Waals surface area contributed by atoms with E-state index in [4.69, 9.17) is 23.2 Å². The molecule has 16 heavy (non-hydrogen) atoms. The van der Waals surface area contributed by atoms with Gasteiger partial charge in [0.15, 0.2) is 0 Å². The molecule has 0 radical (unpaired) electrons. The number of carbonyl (C=O) groups is 1. The maximum absolute atomic E-state index is 11.3. The Morgan fingerprint density at radius 3 is 2.62 bits per heavy atom. The van der Waals surface area contributed by atoms with E-state index >= 15 is 0 Å². The van der Waals surface area contributed by atoms with Gasteiger partial charge in [0.1, 0.15) is 5.69 Å². The van der Waals surface area contributed by atoms with Crippen LogP contribution >= 0.6 is 23.2 Å². The highest BCUT2D eigenvalue weighted by molar-refractivity contribution is 6.45. The van der Waals surface area contributed by atoms with Gasteiger partial charge in [-0.25, -0.2) is 9.78 Å². The lowest BCUT2D eigenvalue weighted by molar-refractivity contribution is 0.0594. The van der Waals surface area contributed by atoms with E-state index in [1.807, 2.05) is 0 Å². The topological polar surface area (TPSA) is 39.2 Å². The molecule has 2 aromatic rings. The largest absolute Gasteiger partial charge is 0.464 e. The zero-order chi connectivity index (χ0) is 11.7. The number of nitrogens with zero attached hydrogens (tertiary/aromatic N) is 1. The molecule has 2 rings (SSSR count). The molecule has 0 amide bonds. The fourth-order valence-corrected chi connectivity index (χ4v) is 1.71. The average Bonchev–Trinajstić information content (AvgIpc) is 2.32. The highest BCUT2D eigenvalue weighted by Gasteiger charge is 2.10. The van der Waals surface area contributed by atoms with E-state index in [0.717, 1.165) is 5.39 Å². The van der Waals surface area contributed by atoms with Crippen molar-refractivity contribution in [1.82, 2.24) is 4.98 Å². The number of esters is 1. The number of halogens is 2. The van der Waals surface area contributed by atoms with Gasteiger partial charge in [0.2, 0.25) is 0 Å². The number of hydrogen-bond acceptors (Lipinski definition) is 3. The van der Waals surface area contributed by atoms with Gasteiger partial charge in [0.05, 0.1) is 22.7 Å². The summed E-state index contributed by atoms with van der Waals surface area (Å²) in [5, 5.41) is 1.57. The summed E-state index contributed by atoms with van der Waals surface area (Å²) in [6.07, 6.45) is 0. The van der Waals surface area contributed by atoms with Crippen molar-refractivity contribution in [3.63, 3.8) is 0 Å². The van der Waals surface area contributed by atoms with E-state index in [0.29, 0.717) is 15.6 Å². The number of benzene rings is 1. The van der Waals surface area contributed by atoms with Gasteiger partial charge in [0.25, 0.3) is 0 Å². The number of rotatable bonds is 1. The molecule has 0 N–H and O–H groups in total. The third-order valence-corrected chi connectivity index (χ3v) is 2.94. The average molecular weight is 256 g/mol. The summed E-state index contributed by atoms with van der Waals surface area (Å²) >= 11 is 11.9. The lowest BCUT2D eigenvalue weighted by Crippen LogP contribution is -2.03. The van der Waals surface area contributed by atoms with Gasteiger partial charge in [-0.2, -0.15) is 0 Å². The first-order valence-corrected chi connectivity index (χ1v) is 5.22. The molecule has 0 aliphatic rings. The summed E-state index contributed by atoms with van der Waals surface area (Å²) in [6, 6.07) is 6.80. The molecular formula is C11H7Cl2NO2. The lowest BCUT2D eigenvalue weighted by atomic mass is 10.2. The Morgan fingerprint density at radius 2 is 1.94 bits per heavy atom. The molecule has 0 spiro atoms. The first-order chi connectivity index (χ1) is 7.63. The van der Waals surface area contributed by atoms with Crippen LogP contribution in [0.5, 0.6) is 0 Å². The summed E-state index contributed by atoms with van der Waals surface area (Å²) in [5.74, 6) is -0.502. The van der Waals surface area contributed by atoms with Gasteiger partial charge in [-0.3, -0.25) is 0 Å². The molecular weight excluding hydrogens is 249 g/mol. The Bertz CT molecular complexity index is 569. The van der Waals surface area contributed by atoms with Crippen molar-refractivity contribution in [1.29, 1.82) is 0 Å². The van der Waals surface area contributed by atoms with Gasteiger partial charge in [0, 0.05) is 5.39 Å². The second-order valence-electron chi connectivity index (χ2n) is 3.12. The minimum Gasteiger partial charge on any atom is -0.464 e. The smallest absolute Gasteiger partial charge is 0.356 e. The molecule has 0 atom stereocenters. The second-order valence-corrected chi connectivity index (χ2v) is 3.91. The molecule has 0 aliphatic carbocycles. The van der Waals surface area contributed by atoms with Crippen molar-refractivity contribution in [3.05, 3.63) is 40.0 Å². The molecule has 0 saturated carbocycles. The van der Waals surface area contributed by atoms with Crippen LogP contribution in [0.3, 0.4) is 0 Å². The molecule has 0 bridgehead atoms. The summed E-state index contributed by atoms with van der Waals surface area (Å²) in [5.41, 5.74) is 0.705. The summed E-state index contributed by atoms with van der Waals surface area (Å²) in [7, 11) is 1.30. The minimum absolute atomic E-state index is 0.208. The third-order valence-electron chi connectivity index (χ3n) is 2.15. The van der Waals surface area contributed by atoms with Crippen LogP contribution in [0.4, 0.5) is 0 Å². The van der Waals surface area contributed by atoms with Crippen LogP contribution in [0.25, 0.3) is 10.9 Å². The number of pyridine rings is 1. The monoisotopic (exact) mass is 255 g/mol. The molecule has 3 nitrogen and oxygen atoms in total. The van der Waals surface area contributed by atoms with E-state index in [-0.39, 0.29) is 5.69 Å². The highest BCUT2D eigenvalue weighted by atomic mass is 35.5. The quantitative estimate of drug-likeness (QED) is 0.734. The van der Waals surface area contributed by atoms with Crippen LogP contribution in [-0.2, 0) is 4.74 Å². The van der Waals surface area contributed by atoms with Crippen LogP contribution in [-0.4, -0.2) is 18.1 Å². The Balaban J connectivity index is 2.69. The molecule has 1 aromatic carbocycles. The predicted octanol–water partition coefficient (Wildman–Crippen LogP) is 3.33. The van der Waals surface area contributed by atoms with Crippen molar-refractivity contribution >= 4 is 40.1 Å². The molecule has 1 heterocycles. The normalized spacial score (nSPS) is 10.4. The maximum Gasteiger partial charge on any atom is 0.356 e. The molecule has 82 valence electrons. The van der Waals surface area contributed by atoms with Gasteiger partial charge >= 0.3 is 5.97 Å². The summed E-state index contributed by atoms with van der Waals surface area (Å²) in [6.45, 7) is 0. The SMILES string of the molecule is COC(=O)c1ccc2ccc(Cl)c(Cl)c2n1. The van der Waals surface area contributed by atoms with E-state index in [2.05, 4.69) is 9.72 Å². The van der Waals surface area contributed by atoms with Gasteiger partial charge in [-0.15, -0.1) is 0 Å². The van der Waals surface area contributed by atoms with Gasteiger partial charge < -0.3 is 4.74 Å². The Morgan fingerprint density at radius 1 is 1.25 bits per heavy atom. The van der Waals surface area contributed by atoms with Crippen molar-refractivity contribution in [3.8, 4) is 0 Å². The van der Waals surface area contributed by atoms with Crippen molar-refractivity contribution in [2.24, 2.45) is 0 Å². The molecule has 0 fully saturated rings. The first kappa shape index (κ1) is 11.2. The van der Waals surface area contributed by atoms with Crippen molar-refractivity contribution < 1.29 is 9.53 Å². The molecule has 0 unspecified atom stereocenters. The number of methoxy groups -OCH3 is 1. The highest BCUT2D eigenvalue weighted by Crippen LogP contribution is 2.29. The van der Waals surface area contributed by atoms with E-state index in [9.17, 15) is 4.79 Å². The Hall–Kier alpha value is -1.32. The minimum atomic E-state index is -0.502. The number of carbonyl (C=O) groups excluding carboxylic acids is 1. The molecule has 1 aromatic heterocycles. The number of aromatic nitrogens is 1. The van der Waals surface area contributed by atoms with E-state index in [1.165, 1.54) is 7.11 Å². The second kappa shape index (κ2) is 4.28. The number of hydrogen-bond donors (Lipinski definition) is 0. The van der Waals surface area contributed by atoms with Crippen LogP contribution in [0.2, 0.25) is 10.0 Å². The first-order valence-electron chi connectivity index (χ1n) is 4.46. The van der Waals surface area contributed by atoms with Crippen LogP contribution in [0.15, 0.2) is 24.3 Å². The van der Waals surface area contributed by atoms with Crippen LogP contribution in [0, 0.1) is 0 Å². The Kier molecular flexibility index (Phi) is 2.99. The van der Waals surface area contributed by atoms with Crippen LogP contribution < -0.4 is 0 Å². The summed E-state index contributed by atoms with van der Waals surface area (Å²) < 4.78 is 4.58. The maximum atomic E-state index is 11.3. The predicted molar refractivity (Wildman–Crippen MR) is 63.1 cm³/mol. The standard InChI is InChI=1S/C11H7Cl2NO2/c1-16-11(15)8-5-3-6-2-4-7(12)9(13)10(6)14-8/h2-5H,1H3. The van der Waals surface area contributed by atoms with Crippen molar-refractivity contribution in [2.75, 3.05) is 7.11 Å². The molecule has 0 saturated heterocycles.